The average molecular weight is 334 g/mol. The van der Waals surface area contributed by atoms with Crippen LogP contribution in [0.5, 0.6) is 0 Å². The molecule has 23 heavy (non-hydrogen) atoms. The van der Waals surface area contributed by atoms with Crippen LogP contribution >= 0.6 is 12.4 Å². The van der Waals surface area contributed by atoms with Crippen molar-refractivity contribution in [1.82, 2.24) is 10.1 Å². The Balaban J connectivity index is 0.00000156. The van der Waals surface area contributed by atoms with Gasteiger partial charge in [-0.25, -0.2) is 0 Å². The number of benzene rings is 1. The first kappa shape index (κ1) is 16.5. The van der Waals surface area contributed by atoms with E-state index in [-0.39, 0.29) is 12.4 Å². The molecule has 0 radical (unpaired) electrons. The van der Waals surface area contributed by atoms with E-state index in [1.807, 2.05) is 0 Å². The fourth-order valence-corrected chi connectivity index (χ4v) is 4.00. The number of hydrogen-bond acceptors (Lipinski definition) is 4. The van der Waals surface area contributed by atoms with Crippen LogP contribution in [-0.2, 0) is 6.54 Å². The van der Waals surface area contributed by atoms with Crippen LogP contribution in [0.3, 0.4) is 0 Å². The minimum Gasteiger partial charge on any atom is -0.359 e. The Morgan fingerprint density at radius 3 is 2.74 bits per heavy atom. The summed E-state index contributed by atoms with van der Waals surface area (Å²) in [5.74, 6) is 2.41. The van der Waals surface area contributed by atoms with Crippen LogP contribution in [0.4, 0.5) is 0 Å². The van der Waals surface area contributed by atoms with E-state index in [4.69, 9.17) is 10.3 Å². The molecule has 1 aromatic heterocycles. The highest BCUT2D eigenvalue weighted by atomic mass is 35.5. The van der Waals surface area contributed by atoms with Gasteiger partial charge in [-0.1, -0.05) is 35.0 Å². The molecule has 1 aromatic carbocycles. The molecule has 2 N–H and O–H groups in total. The number of hydrogen-bond donors (Lipinski definition) is 1. The van der Waals surface area contributed by atoms with Crippen LogP contribution in [0.2, 0.25) is 0 Å². The van der Waals surface area contributed by atoms with Crippen molar-refractivity contribution in [2.75, 3.05) is 13.1 Å². The fourth-order valence-electron chi connectivity index (χ4n) is 4.00. The standard InChI is InChI=1S/C18H23N3O.ClH/c1-12-2-4-13(5-3-12)18-8-15(22-20-18)10-21-9-14-6-7-17(19)16(14)11-21;/h2-5,8,14,16-17H,6-7,9-11,19H2,1H3;1H. The third-order valence-electron chi connectivity index (χ3n) is 5.27. The predicted octanol–water partition coefficient (Wildman–Crippen LogP) is 3.24. The summed E-state index contributed by atoms with van der Waals surface area (Å²) >= 11 is 0. The van der Waals surface area contributed by atoms with Gasteiger partial charge < -0.3 is 10.3 Å². The summed E-state index contributed by atoms with van der Waals surface area (Å²) in [6.45, 7) is 5.19. The molecule has 0 spiro atoms. The van der Waals surface area contributed by atoms with Gasteiger partial charge in [-0.2, -0.15) is 0 Å². The van der Waals surface area contributed by atoms with Crippen LogP contribution in [0.1, 0.15) is 24.2 Å². The molecule has 1 aliphatic heterocycles. The number of nitrogens with two attached hydrogens (primary N) is 1. The second-order valence-electron chi connectivity index (χ2n) is 6.90. The van der Waals surface area contributed by atoms with E-state index in [2.05, 4.69) is 47.3 Å². The second-order valence-corrected chi connectivity index (χ2v) is 6.90. The van der Waals surface area contributed by atoms with Crippen LogP contribution in [-0.4, -0.2) is 29.2 Å². The van der Waals surface area contributed by atoms with Crippen molar-refractivity contribution in [2.24, 2.45) is 17.6 Å². The number of aromatic nitrogens is 1. The average Bonchev–Trinajstić information content (AvgIpc) is 3.19. The smallest absolute Gasteiger partial charge is 0.151 e. The van der Waals surface area contributed by atoms with E-state index in [1.165, 1.54) is 18.4 Å². The van der Waals surface area contributed by atoms with Crippen molar-refractivity contribution in [2.45, 2.75) is 32.4 Å². The van der Waals surface area contributed by atoms with E-state index < -0.39 is 0 Å². The fraction of sp³-hybridized carbons (Fsp3) is 0.500. The van der Waals surface area contributed by atoms with E-state index in [0.29, 0.717) is 12.0 Å². The Morgan fingerprint density at radius 2 is 2.00 bits per heavy atom. The zero-order chi connectivity index (χ0) is 15.1. The van der Waals surface area contributed by atoms with Gasteiger partial charge in [0, 0.05) is 30.8 Å². The van der Waals surface area contributed by atoms with Gasteiger partial charge in [0.25, 0.3) is 0 Å². The zero-order valence-electron chi connectivity index (χ0n) is 13.4. The van der Waals surface area contributed by atoms with Gasteiger partial charge in [0.05, 0.1) is 6.54 Å². The summed E-state index contributed by atoms with van der Waals surface area (Å²) in [5.41, 5.74) is 9.50. The molecule has 124 valence electrons. The SMILES string of the molecule is Cc1ccc(-c2cc(CN3CC4CCC(N)C4C3)on2)cc1.Cl. The normalized spacial score (nSPS) is 27.0. The lowest BCUT2D eigenvalue weighted by molar-refractivity contribution is 0.255. The van der Waals surface area contributed by atoms with Gasteiger partial charge in [0.15, 0.2) is 5.76 Å². The summed E-state index contributed by atoms with van der Waals surface area (Å²) in [5, 5.41) is 4.22. The Morgan fingerprint density at radius 1 is 1.22 bits per heavy atom. The van der Waals surface area contributed by atoms with E-state index in [1.54, 1.807) is 0 Å². The van der Waals surface area contributed by atoms with Crippen LogP contribution in [0.25, 0.3) is 11.3 Å². The second kappa shape index (κ2) is 6.63. The van der Waals surface area contributed by atoms with Crippen molar-refractivity contribution < 1.29 is 4.52 Å². The monoisotopic (exact) mass is 333 g/mol. The lowest BCUT2D eigenvalue weighted by Crippen LogP contribution is -2.30. The highest BCUT2D eigenvalue weighted by Gasteiger charge is 2.40. The van der Waals surface area contributed by atoms with Crippen molar-refractivity contribution in [3.63, 3.8) is 0 Å². The number of rotatable bonds is 3. The molecule has 5 heteroatoms. The highest BCUT2D eigenvalue weighted by molar-refractivity contribution is 5.85. The van der Waals surface area contributed by atoms with Crippen molar-refractivity contribution in [1.29, 1.82) is 0 Å². The van der Waals surface area contributed by atoms with Gasteiger partial charge >= 0.3 is 0 Å². The van der Waals surface area contributed by atoms with E-state index >= 15 is 0 Å². The maximum absolute atomic E-state index is 6.21. The zero-order valence-corrected chi connectivity index (χ0v) is 14.3. The largest absolute Gasteiger partial charge is 0.359 e. The number of halogens is 1. The van der Waals surface area contributed by atoms with Crippen molar-refractivity contribution in [3.8, 4) is 11.3 Å². The summed E-state index contributed by atoms with van der Waals surface area (Å²) in [6.07, 6.45) is 2.48. The number of likely N-dealkylation sites (tertiary alicyclic amines) is 1. The summed E-state index contributed by atoms with van der Waals surface area (Å²) in [7, 11) is 0. The number of aryl methyl sites for hydroxylation is 1. The Hall–Kier alpha value is -1.36. The molecule has 2 heterocycles. The minimum atomic E-state index is 0. The third-order valence-corrected chi connectivity index (χ3v) is 5.27. The lowest BCUT2D eigenvalue weighted by Gasteiger charge is -2.16. The predicted molar refractivity (Wildman–Crippen MR) is 93.4 cm³/mol. The topological polar surface area (TPSA) is 55.3 Å². The Bertz CT molecular complexity index is 655. The molecule has 0 amide bonds. The summed E-state index contributed by atoms with van der Waals surface area (Å²) in [6, 6.07) is 10.9. The molecule has 2 fully saturated rings. The molecular weight excluding hydrogens is 310 g/mol. The van der Waals surface area contributed by atoms with Gasteiger partial charge in [-0.15, -0.1) is 12.4 Å². The number of nitrogens with zero attached hydrogens (tertiary/aromatic N) is 2. The van der Waals surface area contributed by atoms with Crippen molar-refractivity contribution in [3.05, 3.63) is 41.7 Å². The van der Waals surface area contributed by atoms with Gasteiger partial charge in [-0.05, 0) is 31.6 Å². The molecule has 1 saturated heterocycles. The molecule has 2 aliphatic rings. The first-order chi connectivity index (χ1) is 10.7. The van der Waals surface area contributed by atoms with Gasteiger partial charge in [0.2, 0.25) is 0 Å². The molecule has 3 atom stereocenters. The third kappa shape index (κ3) is 3.30. The molecule has 1 aliphatic carbocycles. The highest BCUT2D eigenvalue weighted by Crippen LogP contribution is 2.37. The molecule has 2 aromatic rings. The molecule has 3 unspecified atom stereocenters. The minimum absolute atomic E-state index is 0. The summed E-state index contributed by atoms with van der Waals surface area (Å²) < 4.78 is 5.54. The molecular formula is C18H24ClN3O. The number of fused-ring (bicyclic) bond motifs is 1. The first-order valence-electron chi connectivity index (χ1n) is 8.19. The Kier molecular flexibility index (Phi) is 4.76. The molecule has 0 bridgehead atoms. The molecule has 4 nitrogen and oxygen atoms in total. The van der Waals surface area contributed by atoms with Gasteiger partial charge in [-0.3, -0.25) is 4.90 Å². The van der Waals surface area contributed by atoms with Crippen LogP contribution in [0, 0.1) is 18.8 Å². The quantitative estimate of drug-likeness (QED) is 0.936. The maximum Gasteiger partial charge on any atom is 0.151 e. The summed E-state index contributed by atoms with van der Waals surface area (Å²) in [4.78, 5) is 2.47. The van der Waals surface area contributed by atoms with Crippen LogP contribution in [0.15, 0.2) is 34.9 Å². The van der Waals surface area contributed by atoms with Crippen molar-refractivity contribution >= 4 is 12.4 Å². The lowest BCUT2D eigenvalue weighted by atomic mass is 9.98. The Labute approximate surface area is 143 Å². The van der Waals surface area contributed by atoms with Gasteiger partial charge in [0.1, 0.15) is 5.69 Å². The van der Waals surface area contributed by atoms with Crippen LogP contribution < -0.4 is 5.73 Å². The van der Waals surface area contributed by atoms with E-state index in [0.717, 1.165) is 42.6 Å². The molecule has 4 rings (SSSR count). The molecule has 1 saturated carbocycles. The van der Waals surface area contributed by atoms with E-state index in [9.17, 15) is 0 Å². The first-order valence-corrected chi connectivity index (χ1v) is 8.19. The maximum atomic E-state index is 6.21.